The number of ketones is 4. The van der Waals surface area contributed by atoms with Gasteiger partial charge in [0.2, 0.25) is 0 Å². The molecule has 0 amide bonds. The number of rotatable bonds is 13. The van der Waals surface area contributed by atoms with E-state index in [2.05, 4.69) is 0 Å². The lowest BCUT2D eigenvalue weighted by Gasteiger charge is -2.42. The highest BCUT2D eigenvalue weighted by Crippen LogP contribution is 2.45. The van der Waals surface area contributed by atoms with E-state index in [4.69, 9.17) is 42.6 Å². The van der Waals surface area contributed by atoms with Crippen molar-refractivity contribution in [1.29, 1.82) is 0 Å². The quantitative estimate of drug-likeness (QED) is 0.179. The number of carbonyl (C=O) groups excluding carboxylic acids is 4. The molecule has 8 rings (SSSR count). The maximum Gasteiger partial charge on any atom is 0.306 e. The number of carbonyl (C=O) groups is 5. The van der Waals surface area contributed by atoms with Crippen LogP contribution >= 0.6 is 0 Å². The van der Waals surface area contributed by atoms with Crippen LogP contribution < -0.4 is 0 Å². The summed E-state index contributed by atoms with van der Waals surface area (Å²) in [5, 5.41) is 44.6. The lowest BCUT2D eigenvalue weighted by atomic mass is 9.79. The SMILES string of the molecule is CC1OC(OC2CCC(OC3C(O)CC(c4ccc5c(c4O)C(=O)c4ccc(C[C@](C)(CC(=O)O)OC6CCC(OC7C=CC(=O)C(C)O7)C(C)O6)c(O)c4C5=O)OC3C)OC2C)C=CC1=O. The number of hydrogen-bond acceptors (Lipinski definition) is 17. The third-order valence-corrected chi connectivity index (χ3v) is 13.3. The fourth-order valence-corrected chi connectivity index (χ4v) is 9.72. The summed E-state index contributed by atoms with van der Waals surface area (Å²) in [6, 6.07) is 5.60. The Morgan fingerprint density at radius 2 is 1.22 bits per heavy atom. The molecular formula is C49H58O18. The Hall–Kier alpha value is -4.73. The summed E-state index contributed by atoms with van der Waals surface area (Å²) in [6.45, 7) is 10.2. The molecule has 14 unspecified atom stereocenters. The van der Waals surface area contributed by atoms with Crippen LogP contribution in [0.4, 0.5) is 0 Å². The first-order valence-corrected chi connectivity index (χ1v) is 22.8. The van der Waals surface area contributed by atoms with E-state index in [-0.39, 0.29) is 63.9 Å². The Kier molecular flexibility index (Phi) is 14.3. The van der Waals surface area contributed by atoms with Crippen LogP contribution in [0.1, 0.15) is 129 Å². The molecule has 2 aromatic carbocycles. The van der Waals surface area contributed by atoms with Crippen molar-refractivity contribution in [3.8, 4) is 11.5 Å². The summed E-state index contributed by atoms with van der Waals surface area (Å²) in [5.41, 5.74) is -2.01. The maximum atomic E-state index is 14.1. The van der Waals surface area contributed by atoms with Crippen molar-refractivity contribution in [3.63, 3.8) is 0 Å². The molecule has 0 bridgehead atoms. The molecule has 0 aromatic heterocycles. The number of fused-ring (bicyclic) bond motifs is 2. The fraction of sp³-hybridized carbons (Fsp3) is 0.571. The van der Waals surface area contributed by atoms with E-state index >= 15 is 0 Å². The molecule has 362 valence electrons. The van der Waals surface area contributed by atoms with Gasteiger partial charge in [0.25, 0.3) is 0 Å². The molecule has 4 N–H and O–H groups in total. The minimum absolute atomic E-state index is 0.0215. The van der Waals surface area contributed by atoms with Crippen molar-refractivity contribution in [2.24, 2.45) is 0 Å². The fourth-order valence-electron chi connectivity index (χ4n) is 9.72. The molecule has 2 aromatic rings. The van der Waals surface area contributed by atoms with E-state index in [1.165, 1.54) is 42.5 Å². The van der Waals surface area contributed by atoms with Gasteiger partial charge in [-0.25, -0.2) is 0 Å². The third-order valence-electron chi connectivity index (χ3n) is 13.3. The molecule has 67 heavy (non-hydrogen) atoms. The van der Waals surface area contributed by atoms with Gasteiger partial charge in [0.05, 0.1) is 65.9 Å². The van der Waals surface area contributed by atoms with Crippen LogP contribution in [-0.4, -0.2) is 135 Å². The van der Waals surface area contributed by atoms with Crippen LogP contribution in [0.5, 0.6) is 11.5 Å². The highest BCUT2D eigenvalue weighted by atomic mass is 16.7. The average molecular weight is 935 g/mol. The number of aliphatic hydroxyl groups excluding tert-OH is 1. The highest BCUT2D eigenvalue weighted by Gasteiger charge is 2.44. The van der Waals surface area contributed by atoms with Gasteiger partial charge >= 0.3 is 5.97 Å². The number of carboxylic acids is 1. The van der Waals surface area contributed by atoms with E-state index in [0.717, 1.165) is 0 Å². The summed E-state index contributed by atoms with van der Waals surface area (Å²) in [7, 11) is 0. The normalized spacial score (nSPS) is 35.2. The van der Waals surface area contributed by atoms with E-state index < -0.39 is 121 Å². The molecule has 3 saturated heterocycles. The molecule has 3 fully saturated rings. The summed E-state index contributed by atoms with van der Waals surface area (Å²) >= 11 is 0. The molecular weight excluding hydrogens is 877 g/mol. The largest absolute Gasteiger partial charge is 0.507 e. The van der Waals surface area contributed by atoms with Crippen LogP contribution in [0.2, 0.25) is 0 Å². The number of phenolic OH excluding ortho intramolecular Hbond substituents is 2. The molecule has 15 atom stereocenters. The first kappa shape index (κ1) is 48.7. The number of carboxylic acid groups (broad SMARTS) is 1. The van der Waals surface area contributed by atoms with Gasteiger partial charge in [0.15, 0.2) is 48.3 Å². The van der Waals surface area contributed by atoms with Gasteiger partial charge in [-0.1, -0.05) is 12.1 Å². The average Bonchev–Trinajstić information content (AvgIpc) is 3.26. The Morgan fingerprint density at radius 3 is 1.76 bits per heavy atom. The Balaban J connectivity index is 0.909. The number of aliphatic hydroxyl groups is 1. The zero-order valence-corrected chi connectivity index (χ0v) is 38.2. The maximum absolute atomic E-state index is 14.1. The van der Waals surface area contributed by atoms with Gasteiger partial charge in [-0.3, -0.25) is 24.0 Å². The second kappa shape index (κ2) is 19.7. The molecule has 5 aliphatic heterocycles. The van der Waals surface area contributed by atoms with E-state index in [1.54, 1.807) is 40.7 Å². The molecule has 0 spiro atoms. The summed E-state index contributed by atoms with van der Waals surface area (Å²) < 4.78 is 54.4. The van der Waals surface area contributed by atoms with Gasteiger partial charge in [-0.05, 0) is 96.4 Å². The van der Waals surface area contributed by atoms with Crippen LogP contribution in [0.15, 0.2) is 48.6 Å². The lowest BCUT2D eigenvalue weighted by molar-refractivity contribution is -0.292. The number of aromatic hydroxyl groups is 2. The third kappa shape index (κ3) is 10.3. The van der Waals surface area contributed by atoms with Crippen LogP contribution in [-0.2, 0) is 63.4 Å². The molecule has 0 saturated carbocycles. The Morgan fingerprint density at radius 1 is 0.687 bits per heavy atom. The Labute approximate surface area is 387 Å². The number of aliphatic carboxylic acids is 1. The number of hydrogen-bond donors (Lipinski definition) is 4. The molecule has 18 heteroatoms. The standard InChI is InChI=1S/C49H58O18/c1-22-31(50)11-15-38(60-22)64-34-13-17-40(62-24(34)3)66-48-26(5)59-36(19-33(48)52)28-9-10-30-43(45(28)56)47(58)29-8-7-27(44(55)42(29)46(30)57)20-49(6,21-37(53)54)67-41-18-14-35(25(4)63-41)65-39-16-12-32(51)23(2)61-39/h7-12,15-16,22-26,33-36,38-41,48,52,55-56H,13-14,17-21H2,1-6H3,(H,53,54)/t22?,23?,24?,25?,26?,33?,34?,35?,36?,38?,39?,40?,41?,48?,49-/m1/s1. The van der Waals surface area contributed by atoms with E-state index in [9.17, 15) is 44.4 Å². The van der Waals surface area contributed by atoms with Crippen molar-refractivity contribution in [2.45, 2.75) is 178 Å². The minimum atomic E-state index is -1.45. The lowest BCUT2D eigenvalue weighted by Crippen LogP contribution is -2.50. The van der Waals surface area contributed by atoms with E-state index in [1.807, 2.05) is 6.92 Å². The monoisotopic (exact) mass is 934 g/mol. The van der Waals surface area contributed by atoms with Crippen LogP contribution in [0.25, 0.3) is 0 Å². The molecule has 1 aliphatic carbocycles. The zero-order chi connectivity index (χ0) is 48.1. The van der Waals surface area contributed by atoms with Gasteiger partial charge < -0.3 is 63.1 Å². The summed E-state index contributed by atoms with van der Waals surface area (Å²) in [6.07, 6.45) is -2.21. The van der Waals surface area contributed by atoms with Crippen molar-refractivity contribution in [2.75, 3.05) is 0 Å². The highest BCUT2D eigenvalue weighted by molar-refractivity contribution is 6.30. The van der Waals surface area contributed by atoms with Crippen molar-refractivity contribution >= 4 is 29.1 Å². The molecule has 5 heterocycles. The second-order valence-corrected chi connectivity index (χ2v) is 18.5. The van der Waals surface area contributed by atoms with Gasteiger partial charge in [-0.2, -0.15) is 0 Å². The minimum Gasteiger partial charge on any atom is -0.507 e. The first-order chi connectivity index (χ1) is 31.8. The topological polar surface area (TPSA) is 249 Å². The molecule has 18 nitrogen and oxygen atoms in total. The van der Waals surface area contributed by atoms with Gasteiger partial charge in [-0.15, -0.1) is 0 Å². The second-order valence-electron chi connectivity index (χ2n) is 18.5. The summed E-state index contributed by atoms with van der Waals surface area (Å²) in [5.74, 6) is -3.95. The number of phenols is 2. The van der Waals surface area contributed by atoms with Gasteiger partial charge in [0.1, 0.15) is 29.8 Å². The smallest absolute Gasteiger partial charge is 0.306 e. The molecule has 6 aliphatic rings. The van der Waals surface area contributed by atoms with Crippen molar-refractivity contribution in [1.82, 2.24) is 0 Å². The Bertz CT molecular complexity index is 2310. The van der Waals surface area contributed by atoms with Crippen LogP contribution in [0, 0.1) is 0 Å². The molecule has 0 radical (unpaired) electrons. The van der Waals surface area contributed by atoms with Crippen molar-refractivity contribution < 1.29 is 87.0 Å². The number of ether oxygens (including phenoxy) is 9. The van der Waals surface area contributed by atoms with Crippen LogP contribution in [0.3, 0.4) is 0 Å². The number of benzene rings is 2. The predicted octanol–water partition coefficient (Wildman–Crippen LogP) is 4.82. The summed E-state index contributed by atoms with van der Waals surface area (Å²) in [4.78, 5) is 64.0. The van der Waals surface area contributed by atoms with Gasteiger partial charge in [0, 0.05) is 42.4 Å². The predicted molar refractivity (Wildman–Crippen MR) is 231 cm³/mol. The first-order valence-electron chi connectivity index (χ1n) is 22.8. The van der Waals surface area contributed by atoms with Crippen molar-refractivity contribution in [3.05, 3.63) is 82.0 Å². The van der Waals surface area contributed by atoms with E-state index in [0.29, 0.717) is 25.7 Å². The zero-order valence-electron chi connectivity index (χ0n) is 38.2.